The fourth-order valence-electron chi connectivity index (χ4n) is 2.02. The second kappa shape index (κ2) is 6.14. The summed E-state index contributed by atoms with van der Waals surface area (Å²) >= 11 is 3.44. The van der Waals surface area contributed by atoms with Crippen LogP contribution < -0.4 is 0 Å². The van der Waals surface area contributed by atoms with Crippen LogP contribution >= 0.6 is 15.9 Å². The van der Waals surface area contributed by atoms with Crippen LogP contribution in [0, 0.1) is 16.0 Å². The maximum atomic E-state index is 10.8. The minimum absolute atomic E-state index is 0.114. The lowest BCUT2D eigenvalue weighted by Gasteiger charge is -2.09. The Bertz CT molecular complexity index is 582. The van der Waals surface area contributed by atoms with Gasteiger partial charge in [0.1, 0.15) is 0 Å². The molecule has 0 spiro atoms. The molecule has 0 fully saturated rings. The predicted molar refractivity (Wildman–Crippen MR) is 78.6 cm³/mol. The van der Waals surface area contributed by atoms with E-state index in [1.165, 1.54) is 6.07 Å². The molecule has 0 radical (unpaired) electrons. The normalized spacial score (nSPS) is 12.7. The predicted octanol–water partition coefficient (Wildman–Crippen LogP) is 3.76. The molecule has 0 aliphatic rings. The number of hydrogen-bond donors (Lipinski definition) is 0. The topological polar surface area (TPSA) is 61.0 Å². The van der Waals surface area contributed by atoms with Gasteiger partial charge in [0.15, 0.2) is 0 Å². The summed E-state index contributed by atoms with van der Waals surface area (Å²) in [6.45, 7) is 2.99. The van der Waals surface area contributed by atoms with E-state index in [-0.39, 0.29) is 10.6 Å². The lowest BCUT2D eigenvalue weighted by Crippen LogP contribution is -2.05. The molecule has 2 rings (SSSR count). The number of nitro benzene ring substituents is 1. The van der Waals surface area contributed by atoms with E-state index in [2.05, 4.69) is 28.0 Å². The highest BCUT2D eigenvalue weighted by atomic mass is 79.9. The molecule has 0 amide bonds. The van der Waals surface area contributed by atoms with Gasteiger partial charge < -0.3 is 0 Å². The summed E-state index contributed by atoms with van der Waals surface area (Å²) in [7, 11) is 0. The number of benzene rings is 1. The lowest BCUT2D eigenvalue weighted by atomic mass is 10.1. The number of nitrogens with zero attached hydrogens (tertiary/aromatic N) is 3. The van der Waals surface area contributed by atoms with Crippen LogP contribution in [0.2, 0.25) is 0 Å². The number of non-ortho nitro benzene ring substituents is 1. The van der Waals surface area contributed by atoms with Crippen molar-refractivity contribution < 1.29 is 4.92 Å². The van der Waals surface area contributed by atoms with E-state index >= 15 is 0 Å². The van der Waals surface area contributed by atoms with Crippen LogP contribution in [0.1, 0.15) is 19.8 Å². The standard InChI is InChI=1S/C13H16BrN3O2/c1-10(4-6-14)5-7-16-13-8-12(17(18)19)3-2-11(13)9-15-16/h2-3,8-10H,4-7H2,1H3. The molecular formula is C13H16BrN3O2. The van der Waals surface area contributed by atoms with E-state index in [1.54, 1.807) is 18.3 Å². The van der Waals surface area contributed by atoms with Crippen molar-refractivity contribution in [3.05, 3.63) is 34.5 Å². The van der Waals surface area contributed by atoms with Gasteiger partial charge in [0.25, 0.3) is 5.69 Å². The Morgan fingerprint density at radius 1 is 1.47 bits per heavy atom. The van der Waals surface area contributed by atoms with E-state index in [0.717, 1.165) is 35.6 Å². The monoisotopic (exact) mass is 325 g/mol. The molecule has 1 aromatic carbocycles. The molecule has 0 aliphatic heterocycles. The number of rotatable bonds is 6. The summed E-state index contributed by atoms with van der Waals surface area (Å²) < 4.78 is 1.85. The maximum Gasteiger partial charge on any atom is 0.271 e. The first-order valence-corrected chi connectivity index (χ1v) is 7.40. The molecule has 0 saturated heterocycles. The summed E-state index contributed by atoms with van der Waals surface area (Å²) in [5.74, 6) is 0.609. The van der Waals surface area contributed by atoms with Crippen LogP contribution in [-0.4, -0.2) is 20.0 Å². The Labute approximate surface area is 119 Å². The van der Waals surface area contributed by atoms with Gasteiger partial charge in [-0.3, -0.25) is 14.8 Å². The molecule has 1 heterocycles. The SMILES string of the molecule is CC(CCBr)CCn1ncc2ccc([N+](=O)[O-])cc21. The summed E-state index contributed by atoms with van der Waals surface area (Å²) in [4.78, 5) is 10.4. The second-order valence-corrected chi connectivity index (χ2v) is 5.53. The molecule has 0 aliphatic carbocycles. The third-order valence-electron chi connectivity index (χ3n) is 3.27. The Morgan fingerprint density at radius 2 is 2.26 bits per heavy atom. The second-order valence-electron chi connectivity index (χ2n) is 4.74. The molecule has 2 aromatic rings. The van der Waals surface area contributed by atoms with Crippen LogP contribution in [-0.2, 0) is 6.54 Å². The van der Waals surface area contributed by atoms with E-state index in [1.807, 2.05) is 4.68 Å². The number of aryl methyl sites for hydroxylation is 1. The first-order chi connectivity index (χ1) is 9.11. The number of aromatic nitrogens is 2. The van der Waals surface area contributed by atoms with E-state index < -0.39 is 0 Å². The van der Waals surface area contributed by atoms with E-state index in [9.17, 15) is 10.1 Å². The van der Waals surface area contributed by atoms with Crippen molar-refractivity contribution >= 4 is 32.5 Å². The lowest BCUT2D eigenvalue weighted by molar-refractivity contribution is -0.384. The quantitative estimate of drug-likeness (QED) is 0.461. The van der Waals surface area contributed by atoms with Gasteiger partial charge in [-0.25, -0.2) is 0 Å². The van der Waals surface area contributed by atoms with Gasteiger partial charge >= 0.3 is 0 Å². The largest absolute Gasteiger partial charge is 0.271 e. The Balaban J connectivity index is 2.18. The maximum absolute atomic E-state index is 10.8. The number of hydrogen-bond acceptors (Lipinski definition) is 3. The van der Waals surface area contributed by atoms with E-state index in [0.29, 0.717) is 5.92 Å². The van der Waals surface area contributed by atoms with Gasteiger partial charge in [0, 0.05) is 29.4 Å². The zero-order chi connectivity index (χ0) is 13.8. The highest BCUT2D eigenvalue weighted by molar-refractivity contribution is 9.09. The Kier molecular flexibility index (Phi) is 4.52. The van der Waals surface area contributed by atoms with Crippen LogP contribution in [0.4, 0.5) is 5.69 Å². The van der Waals surface area contributed by atoms with Crippen LogP contribution in [0.3, 0.4) is 0 Å². The zero-order valence-electron chi connectivity index (χ0n) is 10.8. The van der Waals surface area contributed by atoms with Gasteiger partial charge in [-0.15, -0.1) is 0 Å². The minimum atomic E-state index is -0.371. The fourth-order valence-corrected chi connectivity index (χ4v) is 2.81. The van der Waals surface area contributed by atoms with Crippen molar-refractivity contribution in [3.63, 3.8) is 0 Å². The third kappa shape index (κ3) is 3.32. The molecule has 0 saturated carbocycles. The number of fused-ring (bicyclic) bond motifs is 1. The summed E-state index contributed by atoms with van der Waals surface area (Å²) in [5.41, 5.74) is 0.947. The number of alkyl halides is 1. The van der Waals surface area contributed by atoms with Gasteiger partial charge in [0.05, 0.1) is 16.6 Å². The van der Waals surface area contributed by atoms with Crippen LogP contribution in [0.15, 0.2) is 24.4 Å². The van der Waals surface area contributed by atoms with Gasteiger partial charge in [-0.1, -0.05) is 22.9 Å². The molecule has 1 atom stereocenters. The first kappa shape index (κ1) is 14.0. The van der Waals surface area contributed by atoms with Crippen molar-refractivity contribution in [2.75, 3.05) is 5.33 Å². The van der Waals surface area contributed by atoms with Crippen LogP contribution in [0.5, 0.6) is 0 Å². The zero-order valence-corrected chi connectivity index (χ0v) is 12.3. The highest BCUT2D eigenvalue weighted by Crippen LogP contribution is 2.21. The summed E-state index contributed by atoms with van der Waals surface area (Å²) in [5, 5.41) is 17.1. The summed E-state index contributed by atoms with van der Waals surface area (Å²) in [6, 6.07) is 4.86. The van der Waals surface area contributed by atoms with Crippen molar-refractivity contribution in [2.45, 2.75) is 26.3 Å². The molecule has 6 heteroatoms. The van der Waals surface area contributed by atoms with Crippen molar-refractivity contribution in [3.8, 4) is 0 Å². The number of halogens is 1. The molecule has 1 aromatic heterocycles. The smallest absolute Gasteiger partial charge is 0.265 e. The van der Waals surface area contributed by atoms with Crippen molar-refractivity contribution in [1.29, 1.82) is 0 Å². The molecular weight excluding hydrogens is 310 g/mol. The molecule has 19 heavy (non-hydrogen) atoms. The molecule has 102 valence electrons. The average molecular weight is 326 g/mol. The highest BCUT2D eigenvalue weighted by Gasteiger charge is 2.10. The van der Waals surface area contributed by atoms with Crippen molar-refractivity contribution in [2.24, 2.45) is 5.92 Å². The van der Waals surface area contributed by atoms with Gasteiger partial charge in [-0.2, -0.15) is 5.10 Å². The number of nitro groups is 1. The Hall–Kier alpha value is -1.43. The molecule has 0 bridgehead atoms. The third-order valence-corrected chi connectivity index (χ3v) is 3.73. The fraction of sp³-hybridized carbons (Fsp3) is 0.462. The van der Waals surface area contributed by atoms with Crippen LogP contribution in [0.25, 0.3) is 10.9 Å². The average Bonchev–Trinajstić information content (AvgIpc) is 2.79. The van der Waals surface area contributed by atoms with E-state index in [4.69, 9.17) is 0 Å². The Morgan fingerprint density at radius 3 is 2.95 bits per heavy atom. The summed E-state index contributed by atoms with van der Waals surface area (Å²) in [6.07, 6.45) is 3.90. The molecule has 0 N–H and O–H groups in total. The van der Waals surface area contributed by atoms with Crippen molar-refractivity contribution in [1.82, 2.24) is 9.78 Å². The first-order valence-electron chi connectivity index (χ1n) is 6.27. The van der Waals surface area contributed by atoms with Gasteiger partial charge in [-0.05, 0) is 24.8 Å². The van der Waals surface area contributed by atoms with Gasteiger partial charge in [0.2, 0.25) is 0 Å². The molecule has 1 unspecified atom stereocenters. The molecule has 5 nitrogen and oxygen atoms in total. The minimum Gasteiger partial charge on any atom is -0.265 e.